The summed E-state index contributed by atoms with van der Waals surface area (Å²) in [5.41, 5.74) is 0.601. The molecule has 2 rings (SSSR count). The topological polar surface area (TPSA) is 125 Å². The number of para-hydroxylation sites is 1. The van der Waals surface area contributed by atoms with Crippen LogP contribution in [-0.2, 0) is 24.3 Å². The Morgan fingerprint density at radius 1 is 1.04 bits per heavy atom. The number of nitrogens with zero attached hydrogens (tertiary/aromatic N) is 1. The summed E-state index contributed by atoms with van der Waals surface area (Å²) in [5.74, 6) is -1.33. The Hall–Kier alpha value is -3.22. The van der Waals surface area contributed by atoms with E-state index in [-0.39, 0.29) is 23.4 Å². The molecule has 0 aromatic heterocycles. The van der Waals surface area contributed by atoms with Crippen molar-refractivity contribution in [2.24, 2.45) is 0 Å². The molecule has 0 aliphatic heterocycles. The van der Waals surface area contributed by atoms with Crippen LogP contribution in [0, 0.1) is 11.3 Å². The highest BCUT2D eigenvalue weighted by atomic mass is 32.2. The monoisotopic (exact) mass is 387 g/mol. The number of hydrogen-bond acceptors (Lipinski definition) is 6. The van der Waals surface area contributed by atoms with Crippen LogP contribution < -0.4 is 10.0 Å². The van der Waals surface area contributed by atoms with Gasteiger partial charge in [-0.25, -0.2) is 13.1 Å². The van der Waals surface area contributed by atoms with Crippen molar-refractivity contribution < 1.29 is 22.7 Å². The van der Waals surface area contributed by atoms with E-state index in [1.807, 2.05) is 6.07 Å². The van der Waals surface area contributed by atoms with Gasteiger partial charge in [-0.15, -0.1) is 0 Å². The number of amides is 1. The molecular weight excluding hydrogens is 370 g/mol. The van der Waals surface area contributed by atoms with E-state index in [0.29, 0.717) is 5.69 Å². The normalized spacial score (nSPS) is 10.6. The van der Waals surface area contributed by atoms with Crippen LogP contribution in [0.1, 0.15) is 12.0 Å². The average molecular weight is 387 g/mol. The number of ether oxygens (including phenoxy) is 1. The zero-order chi connectivity index (χ0) is 19.7. The molecule has 0 aliphatic rings. The Bertz CT molecular complexity index is 952. The molecule has 9 heteroatoms. The van der Waals surface area contributed by atoms with Gasteiger partial charge in [0, 0.05) is 6.54 Å². The van der Waals surface area contributed by atoms with Crippen LogP contribution in [0.4, 0.5) is 5.69 Å². The molecule has 0 aliphatic carbocycles. The molecule has 2 aromatic carbocycles. The van der Waals surface area contributed by atoms with Crippen LogP contribution in [0.25, 0.3) is 0 Å². The average Bonchev–Trinajstić information content (AvgIpc) is 2.67. The van der Waals surface area contributed by atoms with Crippen LogP contribution in [-0.4, -0.2) is 33.4 Å². The number of esters is 1. The summed E-state index contributed by atoms with van der Waals surface area (Å²) in [6, 6.07) is 16.1. The highest BCUT2D eigenvalue weighted by Gasteiger charge is 2.14. The van der Waals surface area contributed by atoms with Gasteiger partial charge in [0.25, 0.3) is 5.91 Å². The number of benzene rings is 2. The summed E-state index contributed by atoms with van der Waals surface area (Å²) in [6.07, 6.45) is -0.228. The molecule has 2 N–H and O–H groups in total. The van der Waals surface area contributed by atoms with Crippen LogP contribution in [0.3, 0.4) is 0 Å². The highest BCUT2D eigenvalue weighted by molar-refractivity contribution is 7.89. The van der Waals surface area contributed by atoms with Gasteiger partial charge in [-0.3, -0.25) is 9.59 Å². The van der Waals surface area contributed by atoms with Crippen LogP contribution in [0.2, 0.25) is 0 Å². The molecule has 0 unspecified atom stereocenters. The van der Waals surface area contributed by atoms with E-state index >= 15 is 0 Å². The second-order valence-corrected chi connectivity index (χ2v) is 7.09. The zero-order valence-electron chi connectivity index (χ0n) is 14.2. The van der Waals surface area contributed by atoms with Gasteiger partial charge in [-0.2, -0.15) is 5.26 Å². The molecule has 0 saturated carbocycles. The zero-order valence-corrected chi connectivity index (χ0v) is 15.0. The fourth-order valence-electron chi connectivity index (χ4n) is 2.06. The third-order valence-electron chi connectivity index (χ3n) is 3.36. The molecule has 0 heterocycles. The minimum atomic E-state index is -3.70. The van der Waals surface area contributed by atoms with Crippen LogP contribution >= 0.6 is 0 Å². The van der Waals surface area contributed by atoms with Gasteiger partial charge in [-0.05, 0) is 24.3 Å². The van der Waals surface area contributed by atoms with E-state index in [4.69, 9.17) is 10.00 Å². The first-order valence-electron chi connectivity index (χ1n) is 7.91. The molecule has 2 aromatic rings. The number of anilines is 1. The maximum absolute atomic E-state index is 12.0. The lowest BCUT2D eigenvalue weighted by Gasteiger charge is -2.08. The van der Waals surface area contributed by atoms with Gasteiger partial charge in [0.1, 0.15) is 6.07 Å². The molecule has 140 valence electrons. The van der Waals surface area contributed by atoms with Crippen molar-refractivity contribution in [2.45, 2.75) is 11.3 Å². The van der Waals surface area contributed by atoms with Crippen molar-refractivity contribution >= 4 is 27.6 Å². The first-order chi connectivity index (χ1) is 12.9. The summed E-state index contributed by atoms with van der Waals surface area (Å²) in [6.45, 7) is -0.695. The molecule has 0 bridgehead atoms. The third-order valence-corrected chi connectivity index (χ3v) is 4.84. The van der Waals surface area contributed by atoms with Crippen molar-refractivity contribution in [1.29, 1.82) is 5.26 Å². The Morgan fingerprint density at radius 2 is 1.70 bits per heavy atom. The van der Waals surface area contributed by atoms with E-state index in [1.165, 1.54) is 12.1 Å². The predicted octanol–water partition coefficient (Wildman–Crippen LogP) is 1.41. The Kier molecular flexibility index (Phi) is 7.05. The van der Waals surface area contributed by atoms with E-state index in [1.54, 1.807) is 42.5 Å². The number of nitrogens with one attached hydrogen (secondary N) is 2. The smallest absolute Gasteiger partial charge is 0.307 e. The highest BCUT2D eigenvalue weighted by Crippen LogP contribution is 2.13. The quantitative estimate of drug-likeness (QED) is 0.660. The number of carbonyl (C=O) groups is 2. The molecule has 0 fully saturated rings. The van der Waals surface area contributed by atoms with Crippen molar-refractivity contribution in [3.8, 4) is 6.07 Å². The number of nitriles is 1. The van der Waals surface area contributed by atoms with E-state index in [2.05, 4.69) is 10.0 Å². The van der Waals surface area contributed by atoms with Gasteiger partial charge in [-0.1, -0.05) is 30.3 Å². The fourth-order valence-corrected chi connectivity index (χ4v) is 3.12. The van der Waals surface area contributed by atoms with Crippen molar-refractivity contribution in [3.05, 3.63) is 60.2 Å². The second kappa shape index (κ2) is 9.47. The molecule has 1 amide bonds. The summed E-state index contributed by atoms with van der Waals surface area (Å²) >= 11 is 0. The lowest BCUT2D eigenvalue weighted by Crippen LogP contribution is -2.28. The van der Waals surface area contributed by atoms with Gasteiger partial charge in [0.15, 0.2) is 6.61 Å². The van der Waals surface area contributed by atoms with Crippen LogP contribution in [0.5, 0.6) is 0 Å². The van der Waals surface area contributed by atoms with Gasteiger partial charge in [0.05, 0.1) is 22.6 Å². The Balaban J connectivity index is 1.75. The lowest BCUT2D eigenvalue weighted by atomic mass is 10.2. The molecular formula is C18H17N3O5S. The lowest BCUT2D eigenvalue weighted by molar-refractivity contribution is -0.147. The maximum atomic E-state index is 12.0. The Morgan fingerprint density at radius 3 is 2.41 bits per heavy atom. The molecule has 0 saturated heterocycles. The van der Waals surface area contributed by atoms with Gasteiger partial charge < -0.3 is 10.1 Å². The SMILES string of the molecule is N#Cc1ccccc1NC(=O)COC(=O)CCNS(=O)(=O)c1ccccc1. The fraction of sp³-hybridized carbons (Fsp3) is 0.167. The molecule has 0 radical (unpaired) electrons. The number of carbonyl (C=O) groups excluding carboxylic acids is 2. The second-order valence-electron chi connectivity index (χ2n) is 5.33. The molecule has 0 spiro atoms. The minimum absolute atomic E-state index is 0.0916. The molecule has 8 nitrogen and oxygen atoms in total. The van der Waals surface area contributed by atoms with Gasteiger partial charge in [0.2, 0.25) is 10.0 Å². The van der Waals surface area contributed by atoms with E-state index in [9.17, 15) is 18.0 Å². The van der Waals surface area contributed by atoms with E-state index in [0.717, 1.165) is 0 Å². The number of sulfonamides is 1. The van der Waals surface area contributed by atoms with Gasteiger partial charge >= 0.3 is 5.97 Å². The number of rotatable bonds is 8. The van der Waals surface area contributed by atoms with E-state index < -0.39 is 28.5 Å². The summed E-state index contributed by atoms with van der Waals surface area (Å²) in [5, 5.41) is 11.4. The van der Waals surface area contributed by atoms with Crippen molar-refractivity contribution in [1.82, 2.24) is 4.72 Å². The van der Waals surface area contributed by atoms with Crippen LogP contribution in [0.15, 0.2) is 59.5 Å². The first-order valence-corrected chi connectivity index (χ1v) is 9.40. The largest absolute Gasteiger partial charge is 0.456 e. The number of hydrogen-bond donors (Lipinski definition) is 2. The summed E-state index contributed by atoms with van der Waals surface area (Å²) < 4.78 is 31.1. The van der Waals surface area contributed by atoms with Crippen molar-refractivity contribution in [3.63, 3.8) is 0 Å². The summed E-state index contributed by atoms with van der Waals surface area (Å²) in [4.78, 5) is 23.5. The Labute approximate surface area is 156 Å². The molecule has 27 heavy (non-hydrogen) atoms. The molecule has 0 atom stereocenters. The minimum Gasteiger partial charge on any atom is -0.456 e. The first kappa shape index (κ1) is 20.1. The maximum Gasteiger partial charge on any atom is 0.307 e. The standard InChI is InChI=1S/C18H17N3O5S/c19-12-14-6-4-5-9-16(14)21-17(22)13-26-18(23)10-11-20-27(24,25)15-7-2-1-3-8-15/h1-9,20H,10-11,13H2,(H,21,22). The predicted molar refractivity (Wildman–Crippen MR) is 97.0 cm³/mol. The van der Waals surface area contributed by atoms with Crippen molar-refractivity contribution in [2.75, 3.05) is 18.5 Å². The summed E-state index contributed by atoms with van der Waals surface area (Å²) in [7, 11) is -3.70. The third kappa shape index (κ3) is 6.22.